The highest BCUT2D eigenvalue weighted by Gasteiger charge is 2.68. The minimum atomic E-state index is -1.55. The van der Waals surface area contributed by atoms with Gasteiger partial charge < -0.3 is 19.0 Å². The average molecular weight is 344 g/mol. The van der Waals surface area contributed by atoms with E-state index in [-0.39, 0.29) is 30.3 Å². The van der Waals surface area contributed by atoms with Gasteiger partial charge in [0.2, 0.25) is 5.79 Å². The van der Waals surface area contributed by atoms with Gasteiger partial charge in [0.05, 0.1) is 17.9 Å². The van der Waals surface area contributed by atoms with Crippen molar-refractivity contribution in [3.63, 3.8) is 0 Å². The molecule has 2 aliphatic carbocycles. The fourth-order valence-electron chi connectivity index (χ4n) is 5.57. The van der Waals surface area contributed by atoms with Crippen LogP contribution in [0.4, 0.5) is 0 Å². The van der Waals surface area contributed by atoms with Crippen LogP contribution in [0, 0.1) is 17.3 Å². The number of fused-ring (bicyclic) bond motifs is 1. The minimum absolute atomic E-state index is 0.152. The van der Waals surface area contributed by atoms with Crippen molar-refractivity contribution in [1.29, 1.82) is 0 Å². The zero-order chi connectivity index (χ0) is 17.4. The molecule has 1 saturated carbocycles. The van der Waals surface area contributed by atoms with Crippen LogP contribution in [0.25, 0.3) is 0 Å². The predicted octanol–water partition coefficient (Wildman–Crippen LogP) is 2.64. The molecule has 4 aliphatic rings. The molecular weight excluding hydrogens is 324 g/mol. The van der Waals surface area contributed by atoms with Crippen LogP contribution in [0.1, 0.15) is 50.7 Å². The highest BCUT2D eigenvalue weighted by molar-refractivity contribution is 5.94. The lowest BCUT2D eigenvalue weighted by molar-refractivity contribution is -0.205. The van der Waals surface area contributed by atoms with Gasteiger partial charge >= 0.3 is 11.9 Å². The van der Waals surface area contributed by atoms with Crippen molar-refractivity contribution in [2.45, 2.75) is 50.9 Å². The Morgan fingerprint density at radius 3 is 2.88 bits per heavy atom. The van der Waals surface area contributed by atoms with E-state index >= 15 is 0 Å². The molecule has 0 bridgehead atoms. The number of aliphatic hydroxyl groups is 1. The van der Waals surface area contributed by atoms with Crippen LogP contribution in [0.5, 0.6) is 0 Å². The van der Waals surface area contributed by atoms with Gasteiger partial charge in [-0.1, -0.05) is 6.92 Å². The summed E-state index contributed by atoms with van der Waals surface area (Å²) >= 11 is 0. The topological polar surface area (TPSA) is 86.0 Å². The molecular formula is C19H20O6. The molecule has 1 aromatic rings. The number of carbonyl (C=O) groups excluding carboxylic acids is 2. The van der Waals surface area contributed by atoms with Gasteiger partial charge in [0.15, 0.2) is 0 Å². The molecule has 1 aromatic heterocycles. The molecule has 132 valence electrons. The molecule has 6 nitrogen and oxygen atoms in total. The van der Waals surface area contributed by atoms with E-state index < -0.39 is 17.2 Å². The molecule has 1 spiro atoms. The second-order valence-corrected chi connectivity index (χ2v) is 7.81. The molecule has 0 amide bonds. The van der Waals surface area contributed by atoms with E-state index in [4.69, 9.17) is 13.9 Å². The summed E-state index contributed by atoms with van der Waals surface area (Å²) in [4.78, 5) is 25.3. The Labute approximate surface area is 144 Å². The number of hydrogen-bond acceptors (Lipinski definition) is 6. The largest absolute Gasteiger partial charge is 0.472 e. The van der Waals surface area contributed by atoms with Gasteiger partial charge in [0, 0.05) is 35.5 Å². The summed E-state index contributed by atoms with van der Waals surface area (Å²) in [5.41, 5.74) is 1.35. The molecule has 0 radical (unpaired) electrons. The Bertz CT molecular complexity index is 793. The van der Waals surface area contributed by atoms with Crippen molar-refractivity contribution >= 4 is 11.9 Å². The summed E-state index contributed by atoms with van der Waals surface area (Å²) in [7, 11) is 0. The number of cyclic esters (lactones) is 1. The Morgan fingerprint density at radius 2 is 2.12 bits per heavy atom. The van der Waals surface area contributed by atoms with Gasteiger partial charge in [-0.2, -0.15) is 0 Å². The van der Waals surface area contributed by atoms with E-state index in [0.29, 0.717) is 24.0 Å². The zero-order valence-corrected chi connectivity index (χ0v) is 14.0. The first-order valence-electron chi connectivity index (χ1n) is 8.88. The number of carbonyl (C=O) groups is 2. The quantitative estimate of drug-likeness (QED) is 0.788. The summed E-state index contributed by atoms with van der Waals surface area (Å²) < 4.78 is 16.2. The Kier molecular flexibility index (Phi) is 2.89. The third kappa shape index (κ3) is 1.78. The van der Waals surface area contributed by atoms with Crippen molar-refractivity contribution in [1.82, 2.24) is 0 Å². The van der Waals surface area contributed by atoms with Crippen LogP contribution >= 0.6 is 0 Å². The molecule has 5 atom stereocenters. The molecule has 2 fully saturated rings. The van der Waals surface area contributed by atoms with Crippen molar-refractivity contribution in [3.8, 4) is 0 Å². The maximum absolute atomic E-state index is 13.1. The zero-order valence-electron chi connectivity index (χ0n) is 14.0. The first-order valence-corrected chi connectivity index (χ1v) is 8.88. The first-order chi connectivity index (χ1) is 12.0. The van der Waals surface area contributed by atoms with E-state index in [0.717, 1.165) is 18.4 Å². The van der Waals surface area contributed by atoms with E-state index in [2.05, 4.69) is 0 Å². The maximum atomic E-state index is 13.1. The van der Waals surface area contributed by atoms with Gasteiger partial charge in [-0.15, -0.1) is 0 Å². The van der Waals surface area contributed by atoms with E-state index in [1.807, 2.05) is 13.0 Å². The Balaban J connectivity index is 1.62. The fourth-order valence-corrected chi connectivity index (χ4v) is 5.57. The summed E-state index contributed by atoms with van der Waals surface area (Å²) in [5.74, 6) is -2.56. The molecule has 1 saturated heterocycles. The second kappa shape index (κ2) is 4.75. The predicted molar refractivity (Wildman–Crippen MR) is 83.8 cm³/mol. The van der Waals surface area contributed by atoms with Crippen molar-refractivity contribution < 1.29 is 28.6 Å². The minimum Gasteiger partial charge on any atom is -0.472 e. The molecule has 0 aromatic carbocycles. The van der Waals surface area contributed by atoms with Crippen LogP contribution in [-0.2, 0) is 19.1 Å². The fraction of sp³-hybridized carbons (Fsp3) is 0.579. The normalized spacial score (nSPS) is 42.6. The van der Waals surface area contributed by atoms with Crippen LogP contribution in [0.15, 0.2) is 34.2 Å². The number of rotatable bonds is 1. The third-order valence-corrected chi connectivity index (χ3v) is 6.67. The van der Waals surface area contributed by atoms with Crippen LogP contribution in [0.3, 0.4) is 0 Å². The second-order valence-electron chi connectivity index (χ2n) is 7.81. The van der Waals surface area contributed by atoms with Gasteiger partial charge in [0.25, 0.3) is 0 Å². The van der Waals surface area contributed by atoms with Gasteiger partial charge in [0.1, 0.15) is 6.10 Å². The number of hydrogen-bond donors (Lipinski definition) is 1. The van der Waals surface area contributed by atoms with E-state index in [9.17, 15) is 14.7 Å². The Hall–Kier alpha value is -2.08. The van der Waals surface area contributed by atoms with Gasteiger partial charge in [-0.3, -0.25) is 4.79 Å². The molecule has 3 heterocycles. The van der Waals surface area contributed by atoms with E-state index in [1.165, 1.54) is 0 Å². The highest BCUT2D eigenvalue weighted by Crippen LogP contribution is 2.64. The van der Waals surface area contributed by atoms with Crippen LogP contribution in [-0.4, -0.2) is 22.8 Å². The standard InChI is InChI=1S/C19H20O6/c1-10-7-19(22)15-12(16(20)25-19)3-2-4-13(15)18(10)8-14(24-17(18)21)11-5-6-23-9-11/h5-6,9-10,13-14,22H,2-4,7-8H2,1H3/t10-,13+,14?,18-,19?/m1/s1. The maximum Gasteiger partial charge on any atom is 0.336 e. The van der Waals surface area contributed by atoms with E-state index in [1.54, 1.807) is 12.5 Å². The van der Waals surface area contributed by atoms with Crippen LogP contribution in [0.2, 0.25) is 0 Å². The molecule has 5 rings (SSSR count). The highest BCUT2D eigenvalue weighted by atomic mass is 16.7. The summed E-state index contributed by atoms with van der Waals surface area (Å²) in [5, 5.41) is 11.0. The monoisotopic (exact) mass is 344 g/mol. The van der Waals surface area contributed by atoms with Gasteiger partial charge in [-0.05, 0) is 31.2 Å². The lowest BCUT2D eigenvalue weighted by Gasteiger charge is -2.49. The smallest absolute Gasteiger partial charge is 0.336 e. The molecule has 6 heteroatoms. The summed E-state index contributed by atoms with van der Waals surface area (Å²) in [6.07, 6.45) is 5.79. The lowest BCUT2D eigenvalue weighted by Crippen LogP contribution is -2.54. The summed E-state index contributed by atoms with van der Waals surface area (Å²) in [6, 6.07) is 1.81. The number of furan rings is 1. The lowest BCUT2D eigenvalue weighted by atomic mass is 9.53. The third-order valence-electron chi connectivity index (χ3n) is 6.67. The number of esters is 2. The van der Waals surface area contributed by atoms with Crippen molar-refractivity contribution in [2.24, 2.45) is 17.3 Å². The number of ether oxygens (including phenoxy) is 2. The summed E-state index contributed by atoms with van der Waals surface area (Å²) in [6.45, 7) is 1.95. The molecule has 1 N–H and O–H groups in total. The van der Waals surface area contributed by atoms with Crippen molar-refractivity contribution in [3.05, 3.63) is 35.3 Å². The van der Waals surface area contributed by atoms with Crippen molar-refractivity contribution in [2.75, 3.05) is 0 Å². The molecule has 2 unspecified atom stereocenters. The molecule has 2 aliphatic heterocycles. The average Bonchev–Trinajstić information content (AvgIpc) is 3.25. The Morgan fingerprint density at radius 1 is 1.28 bits per heavy atom. The first kappa shape index (κ1) is 15.2. The molecule has 25 heavy (non-hydrogen) atoms. The van der Waals surface area contributed by atoms with Crippen LogP contribution < -0.4 is 0 Å². The SMILES string of the molecule is C[C@@H]1CC2(O)OC(=O)C3=C2[C@H](CCC3)[C@@]12CC(c1ccoc1)OC2=O. The van der Waals surface area contributed by atoms with Gasteiger partial charge in [-0.25, -0.2) is 4.79 Å².